The Morgan fingerprint density at radius 2 is 2.20 bits per heavy atom. The molecule has 0 aliphatic rings. The minimum absolute atomic E-state index is 0.302. The van der Waals surface area contributed by atoms with Crippen molar-refractivity contribution in [3.8, 4) is 5.75 Å². The minimum atomic E-state index is 0.302. The van der Waals surface area contributed by atoms with E-state index in [-0.39, 0.29) is 0 Å². The molecule has 0 amide bonds. The van der Waals surface area contributed by atoms with Crippen molar-refractivity contribution in [2.24, 2.45) is 0 Å². The maximum atomic E-state index is 6.07. The Labute approximate surface area is 131 Å². The Bertz CT molecular complexity index is 572. The minimum Gasteiger partial charge on any atom is -0.484 e. The van der Waals surface area contributed by atoms with Gasteiger partial charge in [0.2, 0.25) is 0 Å². The lowest BCUT2D eigenvalue weighted by atomic mass is 10.3. The third-order valence-corrected chi connectivity index (χ3v) is 3.35. The fourth-order valence-corrected chi connectivity index (χ4v) is 2.28. The first-order valence-electron chi connectivity index (χ1n) is 6.30. The molecule has 0 fully saturated rings. The van der Waals surface area contributed by atoms with Crippen LogP contribution in [0, 0.1) is 0 Å². The monoisotopic (exact) mass is 358 g/mol. The van der Waals surface area contributed by atoms with Crippen molar-refractivity contribution in [3.63, 3.8) is 0 Å². The molecule has 108 valence electrons. The molecule has 2 rings (SSSR count). The van der Waals surface area contributed by atoms with Crippen LogP contribution >= 0.6 is 27.5 Å². The van der Waals surface area contributed by atoms with E-state index in [1.54, 1.807) is 6.07 Å². The molecule has 4 nitrogen and oxygen atoms in total. The number of hydrogen-bond acceptors (Lipinski definition) is 4. The van der Waals surface area contributed by atoms with Gasteiger partial charge in [0.05, 0.1) is 10.7 Å². The molecule has 1 N–H and O–H groups in total. The Kier molecular flexibility index (Phi) is 5.46. The summed E-state index contributed by atoms with van der Waals surface area (Å²) in [6, 6.07) is 7.76. The number of aromatic nitrogens is 1. The largest absolute Gasteiger partial charge is 0.484 e. The summed E-state index contributed by atoms with van der Waals surface area (Å²) in [4.78, 5) is 0. The molecule has 0 radical (unpaired) electrons. The first kappa shape index (κ1) is 15.4. The fourth-order valence-electron chi connectivity index (χ4n) is 1.56. The van der Waals surface area contributed by atoms with Gasteiger partial charge in [-0.2, -0.15) is 0 Å². The summed E-state index contributed by atoms with van der Waals surface area (Å²) in [6.45, 7) is 5.15. The number of rotatable bonds is 6. The second kappa shape index (κ2) is 7.11. The van der Waals surface area contributed by atoms with Crippen molar-refractivity contribution in [3.05, 3.63) is 45.2 Å². The zero-order chi connectivity index (χ0) is 14.5. The number of nitrogens with zero attached hydrogens (tertiary/aromatic N) is 1. The van der Waals surface area contributed by atoms with Gasteiger partial charge in [0.25, 0.3) is 0 Å². The van der Waals surface area contributed by atoms with Crippen LogP contribution in [0.5, 0.6) is 5.75 Å². The van der Waals surface area contributed by atoms with E-state index in [0.29, 0.717) is 35.7 Å². The smallest absolute Gasteiger partial charge is 0.174 e. The van der Waals surface area contributed by atoms with Crippen LogP contribution in [0.25, 0.3) is 0 Å². The lowest BCUT2D eigenvalue weighted by Crippen LogP contribution is -2.21. The quantitative estimate of drug-likeness (QED) is 0.841. The summed E-state index contributed by atoms with van der Waals surface area (Å²) in [5, 5.41) is 7.81. The first-order valence-corrected chi connectivity index (χ1v) is 7.47. The molecule has 0 aliphatic heterocycles. The molecule has 20 heavy (non-hydrogen) atoms. The van der Waals surface area contributed by atoms with E-state index < -0.39 is 0 Å². The Balaban J connectivity index is 1.90. The predicted octanol–water partition coefficient (Wildman–Crippen LogP) is 4.17. The topological polar surface area (TPSA) is 47.3 Å². The third kappa shape index (κ3) is 4.51. The third-order valence-electron chi connectivity index (χ3n) is 2.56. The first-order chi connectivity index (χ1) is 9.54. The van der Waals surface area contributed by atoms with Crippen molar-refractivity contribution in [1.82, 2.24) is 10.5 Å². The van der Waals surface area contributed by atoms with E-state index in [0.717, 1.165) is 10.2 Å². The number of ether oxygens (including phenoxy) is 1. The maximum absolute atomic E-state index is 6.07. The Morgan fingerprint density at radius 1 is 1.40 bits per heavy atom. The van der Waals surface area contributed by atoms with Gasteiger partial charge < -0.3 is 14.6 Å². The summed E-state index contributed by atoms with van der Waals surface area (Å²) < 4.78 is 11.7. The van der Waals surface area contributed by atoms with Crippen LogP contribution in [0.1, 0.15) is 25.3 Å². The Hall–Kier alpha value is -1.04. The number of benzene rings is 1. The molecule has 1 aromatic heterocycles. The van der Waals surface area contributed by atoms with Crippen LogP contribution in [0.2, 0.25) is 5.02 Å². The van der Waals surface area contributed by atoms with E-state index in [1.165, 1.54) is 0 Å². The molecular formula is C14H16BrClN2O2. The van der Waals surface area contributed by atoms with Crippen molar-refractivity contribution >= 4 is 27.5 Å². The average Bonchev–Trinajstić information content (AvgIpc) is 2.83. The molecular weight excluding hydrogens is 344 g/mol. The van der Waals surface area contributed by atoms with Crippen LogP contribution in [-0.4, -0.2) is 11.2 Å². The predicted molar refractivity (Wildman–Crippen MR) is 82.0 cm³/mol. The van der Waals surface area contributed by atoms with E-state index in [2.05, 4.69) is 40.3 Å². The van der Waals surface area contributed by atoms with Gasteiger partial charge in [-0.1, -0.05) is 46.5 Å². The SMILES string of the molecule is CC(C)NCc1cc(COc2ccc(Br)cc2Cl)on1. The molecule has 1 aromatic carbocycles. The highest BCUT2D eigenvalue weighted by molar-refractivity contribution is 9.10. The molecule has 0 bridgehead atoms. The number of nitrogens with one attached hydrogen (secondary N) is 1. The van der Waals surface area contributed by atoms with Crippen LogP contribution in [0.3, 0.4) is 0 Å². The molecule has 0 unspecified atom stereocenters. The normalized spacial score (nSPS) is 11.1. The van der Waals surface area contributed by atoms with Gasteiger partial charge >= 0.3 is 0 Å². The zero-order valence-corrected chi connectivity index (χ0v) is 13.7. The fraction of sp³-hybridized carbons (Fsp3) is 0.357. The highest BCUT2D eigenvalue weighted by atomic mass is 79.9. The van der Waals surface area contributed by atoms with E-state index in [4.69, 9.17) is 20.9 Å². The van der Waals surface area contributed by atoms with Crippen LogP contribution in [0.4, 0.5) is 0 Å². The maximum Gasteiger partial charge on any atom is 0.174 e. The average molecular weight is 360 g/mol. The van der Waals surface area contributed by atoms with Gasteiger partial charge in [0.15, 0.2) is 5.76 Å². The second-order valence-electron chi connectivity index (χ2n) is 4.68. The summed E-state index contributed by atoms with van der Waals surface area (Å²) in [5.74, 6) is 1.29. The van der Waals surface area contributed by atoms with Crippen LogP contribution < -0.4 is 10.1 Å². The summed E-state index contributed by atoms with van der Waals surface area (Å²) in [7, 11) is 0. The van der Waals surface area contributed by atoms with Gasteiger partial charge in [-0.05, 0) is 18.2 Å². The molecule has 1 heterocycles. The standard InChI is InChI=1S/C14H16BrClN2O2/c1-9(2)17-7-11-6-12(20-18-11)8-19-14-4-3-10(15)5-13(14)16/h3-6,9,17H,7-8H2,1-2H3. The Morgan fingerprint density at radius 3 is 2.90 bits per heavy atom. The summed E-state index contributed by atoms with van der Waals surface area (Å²) in [6.07, 6.45) is 0. The van der Waals surface area contributed by atoms with Crippen molar-refractivity contribution in [2.45, 2.75) is 33.0 Å². The van der Waals surface area contributed by atoms with Crippen LogP contribution in [-0.2, 0) is 13.2 Å². The van der Waals surface area contributed by atoms with Gasteiger partial charge in [0, 0.05) is 23.1 Å². The number of halogens is 2. The van der Waals surface area contributed by atoms with Crippen molar-refractivity contribution < 1.29 is 9.26 Å². The van der Waals surface area contributed by atoms with Gasteiger partial charge in [-0.15, -0.1) is 0 Å². The van der Waals surface area contributed by atoms with E-state index in [9.17, 15) is 0 Å². The lowest BCUT2D eigenvalue weighted by molar-refractivity contribution is 0.248. The lowest BCUT2D eigenvalue weighted by Gasteiger charge is -2.06. The van der Waals surface area contributed by atoms with Crippen molar-refractivity contribution in [2.75, 3.05) is 0 Å². The van der Waals surface area contributed by atoms with Crippen LogP contribution in [0.15, 0.2) is 33.3 Å². The molecule has 0 saturated carbocycles. The summed E-state index contributed by atoms with van der Waals surface area (Å²) >= 11 is 9.42. The molecule has 0 saturated heterocycles. The summed E-state index contributed by atoms with van der Waals surface area (Å²) in [5.41, 5.74) is 0.860. The van der Waals surface area contributed by atoms with E-state index in [1.807, 2.05) is 18.2 Å². The molecule has 0 aliphatic carbocycles. The highest BCUT2D eigenvalue weighted by Crippen LogP contribution is 2.28. The van der Waals surface area contributed by atoms with E-state index >= 15 is 0 Å². The molecule has 0 spiro atoms. The van der Waals surface area contributed by atoms with Gasteiger partial charge in [-0.3, -0.25) is 0 Å². The number of hydrogen-bond donors (Lipinski definition) is 1. The zero-order valence-electron chi connectivity index (χ0n) is 11.3. The molecule has 0 atom stereocenters. The second-order valence-corrected chi connectivity index (χ2v) is 6.01. The van der Waals surface area contributed by atoms with Gasteiger partial charge in [-0.25, -0.2) is 0 Å². The van der Waals surface area contributed by atoms with Gasteiger partial charge in [0.1, 0.15) is 12.4 Å². The highest BCUT2D eigenvalue weighted by Gasteiger charge is 2.07. The molecule has 6 heteroatoms. The van der Waals surface area contributed by atoms with Crippen molar-refractivity contribution in [1.29, 1.82) is 0 Å². The molecule has 2 aromatic rings.